The molecule has 3 heterocycles. The summed E-state index contributed by atoms with van der Waals surface area (Å²) in [6.45, 7) is 4.38. The average Bonchev–Trinajstić information content (AvgIpc) is 3.18. The van der Waals surface area contributed by atoms with Crippen LogP contribution in [0.2, 0.25) is 0 Å². The zero-order valence-electron chi connectivity index (χ0n) is 16.3. The highest BCUT2D eigenvalue weighted by molar-refractivity contribution is 7.87. The minimum absolute atomic E-state index is 0.145. The number of carbonyl (C=O) groups is 1. The molecule has 2 unspecified atom stereocenters. The summed E-state index contributed by atoms with van der Waals surface area (Å²) >= 11 is 0. The van der Waals surface area contributed by atoms with Crippen LogP contribution in [0.1, 0.15) is 18.0 Å². The van der Waals surface area contributed by atoms with E-state index in [-0.39, 0.29) is 12.7 Å². The Kier molecular flexibility index (Phi) is 5.93. The number of hydrogen-bond donors (Lipinski definition) is 2. The Morgan fingerprint density at radius 2 is 2.00 bits per heavy atom. The van der Waals surface area contributed by atoms with Gasteiger partial charge in [-0.15, -0.1) is 0 Å². The zero-order chi connectivity index (χ0) is 20.4. The number of benzene rings is 1. The minimum Gasteiger partial charge on any atom is -0.454 e. The fraction of sp³-hybridized carbons (Fsp3) is 0.611. The van der Waals surface area contributed by atoms with Crippen LogP contribution in [-0.2, 0) is 19.7 Å². The number of amides is 1. The van der Waals surface area contributed by atoms with Crippen molar-refractivity contribution in [2.75, 3.05) is 53.2 Å². The second kappa shape index (κ2) is 8.44. The monoisotopic (exact) mass is 426 g/mol. The van der Waals surface area contributed by atoms with Gasteiger partial charge in [-0.3, -0.25) is 9.69 Å². The number of hydrogen-bond acceptors (Lipinski definition) is 7. The van der Waals surface area contributed by atoms with Crippen molar-refractivity contribution in [1.29, 1.82) is 0 Å². The van der Waals surface area contributed by atoms with Crippen molar-refractivity contribution >= 4 is 16.1 Å². The van der Waals surface area contributed by atoms with Crippen LogP contribution >= 0.6 is 0 Å². The summed E-state index contributed by atoms with van der Waals surface area (Å²) in [6.07, 6.45) is 0.318. The van der Waals surface area contributed by atoms with Crippen molar-refractivity contribution in [1.82, 2.24) is 19.2 Å². The molecule has 10 nitrogen and oxygen atoms in total. The molecule has 1 amide bonds. The van der Waals surface area contributed by atoms with Crippen LogP contribution < -0.4 is 19.5 Å². The number of nitrogens with zero attached hydrogens (tertiary/aromatic N) is 2. The van der Waals surface area contributed by atoms with E-state index in [1.807, 2.05) is 0 Å². The van der Waals surface area contributed by atoms with E-state index in [0.29, 0.717) is 44.2 Å². The number of nitrogens with one attached hydrogen (secondary N) is 2. The smallest absolute Gasteiger partial charge is 0.280 e. The molecular formula is C18H26N4O6S. The first kappa shape index (κ1) is 20.4. The van der Waals surface area contributed by atoms with Gasteiger partial charge in [0.1, 0.15) is 6.04 Å². The molecule has 4 rings (SSSR count). The van der Waals surface area contributed by atoms with Gasteiger partial charge in [0.25, 0.3) is 10.2 Å². The van der Waals surface area contributed by atoms with E-state index in [2.05, 4.69) is 14.9 Å². The summed E-state index contributed by atoms with van der Waals surface area (Å²) in [6, 6.07) is 3.98. The van der Waals surface area contributed by atoms with Gasteiger partial charge in [0.15, 0.2) is 11.5 Å². The summed E-state index contributed by atoms with van der Waals surface area (Å²) in [5.41, 5.74) is 0.733. The molecule has 11 heteroatoms. The fourth-order valence-corrected chi connectivity index (χ4v) is 5.01. The number of ether oxygens (including phenoxy) is 3. The van der Waals surface area contributed by atoms with E-state index < -0.39 is 22.3 Å². The quantitative estimate of drug-likeness (QED) is 0.650. The second-order valence-corrected chi connectivity index (χ2v) is 9.06. The first-order valence-electron chi connectivity index (χ1n) is 9.67. The standard InChI is InChI=1S/C18H26N4O6S/c1-21-15(18(23)19-4-5-22-6-8-26-9-7-22)11-14(20-29(21,24)25)13-2-3-16-17(10-13)28-12-27-16/h2-3,10,14-15,20H,4-9,11-12H2,1H3,(H,19,23). The molecule has 3 aliphatic heterocycles. The van der Waals surface area contributed by atoms with Gasteiger partial charge in [0.2, 0.25) is 12.7 Å². The van der Waals surface area contributed by atoms with E-state index in [9.17, 15) is 13.2 Å². The molecule has 0 spiro atoms. The molecule has 1 aromatic rings. The van der Waals surface area contributed by atoms with E-state index in [0.717, 1.165) is 23.0 Å². The van der Waals surface area contributed by atoms with Gasteiger partial charge < -0.3 is 19.5 Å². The first-order chi connectivity index (χ1) is 13.9. The molecule has 160 valence electrons. The van der Waals surface area contributed by atoms with E-state index in [1.54, 1.807) is 18.2 Å². The minimum atomic E-state index is -3.79. The lowest BCUT2D eigenvalue weighted by molar-refractivity contribution is -0.125. The normalized spacial score (nSPS) is 26.9. The summed E-state index contributed by atoms with van der Waals surface area (Å²) in [7, 11) is -2.37. The van der Waals surface area contributed by atoms with Crippen molar-refractivity contribution in [3.05, 3.63) is 23.8 Å². The van der Waals surface area contributed by atoms with Gasteiger partial charge in [0.05, 0.1) is 19.3 Å². The van der Waals surface area contributed by atoms with Gasteiger partial charge >= 0.3 is 0 Å². The summed E-state index contributed by atoms with van der Waals surface area (Å²) in [5, 5.41) is 2.88. The molecule has 29 heavy (non-hydrogen) atoms. The molecule has 0 saturated carbocycles. The van der Waals surface area contributed by atoms with Gasteiger partial charge in [-0.05, 0) is 24.1 Å². The number of fused-ring (bicyclic) bond motifs is 1. The summed E-state index contributed by atoms with van der Waals surface area (Å²) in [5.74, 6) is 0.908. The van der Waals surface area contributed by atoms with E-state index in [1.165, 1.54) is 7.05 Å². The SMILES string of the molecule is CN1C(C(=O)NCCN2CCOCC2)CC(c2ccc3c(c2)OCO3)NS1(=O)=O. The Labute approximate surface area is 170 Å². The van der Waals surface area contributed by atoms with Crippen molar-refractivity contribution in [2.45, 2.75) is 18.5 Å². The lowest BCUT2D eigenvalue weighted by Crippen LogP contribution is -2.57. The molecule has 0 aromatic heterocycles. The van der Waals surface area contributed by atoms with Crippen molar-refractivity contribution in [3.8, 4) is 11.5 Å². The third-order valence-electron chi connectivity index (χ3n) is 5.50. The second-order valence-electron chi connectivity index (χ2n) is 7.30. The fourth-order valence-electron chi connectivity index (χ4n) is 3.74. The Hall–Kier alpha value is -1.92. The molecule has 2 saturated heterocycles. The topological polar surface area (TPSA) is 109 Å². The Morgan fingerprint density at radius 3 is 2.79 bits per heavy atom. The maximum absolute atomic E-state index is 12.8. The molecule has 2 fully saturated rings. The molecular weight excluding hydrogens is 400 g/mol. The van der Waals surface area contributed by atoms with Crippen LogP contribution in [0.4, 0.5) is 0 Å². The van der Waals surface area contributed by atoms with E-state index >= 15 is 0 Å². The van der Waals surface area contributed by atoms with Crippen molar-refractivity contribution in [3.63, 3.8) is 0 Å². The highest BCUT2D eigenvalue weighted by Crippen LogP contribution is 2.36. The van der Waals surface area contributed by atoms with Crippen LogP contribution in [0.25, 0.3) is 0 Å². The van der Waals surface area contributed by atoms with E-state index in [4.69, 9.17) is 14.2 Å². The molecule has 0 bridgehead atoms. The summed E-state index contributed by atoms with van der Waals surface area (Å²) in [4.78, 5) is 15.0. The maximum atomic E-state index is 12.8. The Balaban J connectivity index is 1.42. The van der Waals surface area contributed by atoms with Crippen LogP contribution in [-0.4, -0.2) is 82.8 Å². The van der Waals surface area contributed by atoms with Gasteiger partial charge in [-0.25, -0.2) is 0 Å². The maximum Gasteiger partial charge on any atom is 0.280 e. The zero-order valence-corrected chi connectivity index (χ0v) is 17.1. The number of likely N-dealkylation sites (N-methyl/N-ethyl adjacent to an activating group) is 1. The average molecular weight is 426 g/mol. The highest BCUT2D eigenvalue weighted by Gasteiger charge is 2.40. The molecule has 0 radical (unpaired) electrons. The Bertz CT molecular complexity index is 858. The molecule has 1 aromatic carbocycles. The molecule has 2 atom stereocenters. The van der Waals surface area contributed by atoms with Crippen LogP contribution in [0, 0.1) is 0 Å². The predicted octanol–water partition coefficient (Wildman–Crippen LogP) is -0.557. The van der Waals surface area contributed by atoms with Crippen molar-refractivity contribution < 1.29 is 27.4 Å². The number of morpholine rings is 1. The van der Waals surface area contributed by atoms with Crippen LogP contribution in [0.5, 0.6) is 11.5 Å². The predicted molar refractivity (Wildman–Crippen MR) is 104 cm³/mol. The van der Waals surface area contributed by atoms with Crippen LogP contribution in [0.15, 0.2) is 18.2 Å². The van der Waals surface area contributed by atoms with Gasteiger partial charge in [0, 0.05) is 33.2 Å². The van der Waals surface area contributed by atoms with Gasteiger partial charge in [-0.2, -0.15) is 17.4 Å². The first-order valence-corrected chi connectivity index (χ1v) is 11.1. The largest absolute Gasteiger partial charge is 0.454 e. The number of carbonyl (C=O) groups excluding carboxylic acids is 1. The van der Waals surface area contributed by atoms with Gasteiger partial charge in [-0.1, -0.05) is 6.07 Å². The van der Waals surface area contributed by atoms with Crippen molar-refractivity contribution in [2.24, 2.45) is 0 Å². The third kappa shape index (κ3) is 4.48. The summed E-state index contributed by atoms with van der Waals surface area (Å²) < 4.78 is 44.9. The van der Waals surface area contributed by atoms with Crippen LogP contribution in [0.3, 0.4) is 0 Å². The highest BCUT2D eigenvalue weighted by atomic mass is 32.2. The molecule has 3 aliphatic rings. The number of rotatable bonds is 5. The lowest BCUT2D eigenvalue weighted by atomic mass is 9.99. The Morgan fingerprint density at radius 1 is 1.24 bits per heavy atom. The third-order valence-corrected chi connectivity index (χ3v) is 7.10. The lowest BCUT2D eigenvalue weighted by Gasteiger charge is -2.36. The molecule has 2 N–H and O–H groups in total. The molecule has 0 aliphatic carbocycles.